The lowest BCUT2D eigenvalue weighted by Crippen LogP contribution is -2.26. The Balaban J connectivity index is 2.16. The average molecular weight is 352 g/mol. The molecule has 1 aliphatic rings. The first-order valence-electron chi connectivity index (χ1n) is 7.92. The third kappa shape index (κ3) is 3.15. The molecule has 0 amide bonds. The Kier molecular flexibility index (Phi) is 4.34. The molecule has 0 unspecified atom stereocenters. The van der Waals surface area contributed by atoms with Gasteiger partial charge in [-0.1, -0.05) is 25.4 Å². The molecule has 0 aromatic carbocycles. The number of pyridine rings is 1. The molecular weight excluding hydrogens is 333 g/mol. The fourth-order valence-corrected chi connectivity index (χ4v) is 3.30. The quantitative estimate of drug-likeness (QED) is 0.759. The molecule has 24 heavy (non-hydrogen) atoms. The number of carbonyl (C=O) groups is 1. The number of hydrogen-bond acceptors (Lipinski definition) is 4. The molecule has 2 aromatic rings. The van der Waals surface area contributed by atoms with Gasteiger partial charge in [0.05, 0.1) is 18.0 Å². The van der Waals surface area contributed by atoms with Crippen LogP contribution in [0.15, 0.2) is 12.1 Å². The number of hydrogen-bond donors (Lipinski definition) is 0. The summed E-state index contributed by atoms with van der Waals surface area (Å²) in [6.45, 7) is 6.32. The number of nitrogens with zero attached hydrogens (tertiary/aromatic N) is 3. The van der Waals surface area contributed by atoms with Gasteiger partial charge in [-0.25, -0.2) is 9.78 Å². The zero-order chi connectivity index (χ0) is 17.5. The highest BCUT2D eigenvalue weighted by Crippen LogP contribution is 2.39. The van der Waals surface area contributed by atoms with Crippen molar-refractivity contribution in [3.05, 3.63) is 34.5 Å². The molecule has 2 heterocycles. The van der Waals surface area contributed by atoms with Crippen LogP contribution in [0.2, 0.25) is 5.15 Å². The first-order chi connectivity index (χ1) is 11.3. The van der Waals surface area contributed by atoms with Crippen LogP contribution in [0.4, 0.5) is 9.18 Å². The smallest absolute Gasteiger partial charge is 0.434 e. The van der Waals surface area contributed by atoms with Crippen molar-refractivity contribution in [1.29, 1.82) is 0 Å². The normalized spacial score (nSPS) is 15.9. The third-order valence-electron chi connectivity index (χ3n) is 4.26. The zero-order valence-electron chi connectivity index (χ0n) is 13.9. The average Bonchev–Trinajstić information content (AvgIpc) is 2.83. The SMILES string of the molecule is CCOC(=O)n1nc(-c2cc(F)nc(Cl)c2)c2c1CC(C)(C)CC2. The van der Waals surface area contributed by atoms with E-state index in [0.29, 0.717) is 17.7 Å². The van der Waals surface area contributed by atoms with Crippen LogP contribution in [0, 0.1) is 11.4 Å². The van der Waals surface area contributed by atoms with Crippen molar-refractivity contribution in [1.82, 2.24) is 14.8 Å². The number of aromatic nitrogens is 3. The molecule has 0 radical (unpaired) electrons. The van der Waals surface area contributed by atoms with Crippen LogP contribution in [0.3, 0.4) is 0 Å². The Labute approximate surface area is 144 Å². The summed E-state index contributed by atoms with van der Waals surface area (Å²) >= 11 is 5.87. The number of carbonyl (C=O) groups excluding carboxylic acids is 1. The van der Waals surface area contributed by atoms with E-state index in [1.165, 1.54) is 10.7 Å². The van der Waals surface area contributed by atoms with Crippen LogP contribution in [0.25, 0.3) is 11.3 Å². The molecule has 0 saturated heterocycles. The molecule has 1 aliphatic carbocycles. The first-order valence-corrected chi connectivity index (χ1v) is 8.30. The maximum atomic E-state index is 13.6. The Morgan fingerprint density at radius 3 is 2.88 bits per heavy atom. The van der Waals surface area contributed by atoms with E-state index in [1.807, 2.05) is 0 Å². The van der Waals surface area contributed by atoms with Gasteiger partial charge in [-0.05, 0) is 37.7 Å². The molecule has 5 nitrogen and oxygen atoms in total. The lowest BCUT2D eigenvalue weighted by Gasteiger charge is -2.29. The van der Waals surface area contributed by atoms with Gasteiger partial charge in [0, 0.05) is 17.2 Å². The number of fused-ring (bicyclic) bond motifs is 1. The second-order valence-electron chi connectivity index (χ2n) is 6.73. The molecule has 2 aromatic heterocycles. The van der Waals surface area contributed by atoms with E-state index in [-0.39, 0.29) is 17.2 Å². The summed E-state index contributed by atoms with van der Waals surface area (Å²) in [5, 5.41) is 4.47. The Morgan fingerprint density at radius 1 is 1.46 bits per heavy atom. The lowest BCUT2D eigenvalue weighted by molar-refractivity contribution is 0.148. The van der Waals surface area contributed by atoms with Crippen molar-refractivity contribution in [3.8, 4) is 11.3 Å². The van der Waals surface area contributed by atoms with Crippen LogP contribution in [-0.4, -0.2) is 27.5 Å². The second-order valence-corrected chi connectivity index (χ2v) is 7.11. The standard InChI is InChI=1S/C17H19ClFN3O2/c1-4-24-16(23)22-12-9-17(2,3)6-5-11(12)15(21-22)10-7-13(18)20-14(19)8-10/h7-8H,4-6,9H2,1-3H3. The predicted octanol–water partition coefficient (Wildman–Crippen LogP) is 4.26. The van der Waals surface area contributed by atoms with Crippen LogP contribution < -0.4 is 0 Å². The number of rotatable bonds is 2. The highest BCUT2D eigenvalue weighted by Gasteiger charge is 2.33. The van der Waals surface area contributed by atoms with E-state index >= 15 is 0 Å². The van der Waals surface area contributed by atoms with Gasteiger partial charge in [0.2, 0.25) is 5.95 Å². The first kappa shape index (κ1) is 16.9. The van der Waals surface area contributed by atoms with E-state index in [2.05, 4.69) is 23.9 Å². The minimum Gasteiger partial charge on any atom is -0.448 e. The minimum absolute atomic E-state index is 0.0561. The number of halogens is 2. The van der Waals surface area contributed by atoms with Crippen molar-refractivity contribution in [3.63, 3.8) is 0 Å². The van der Waals surface area contributed by atoms with E-state index in [0.717, 1.165) is 24.1 Å². The summed E-state index contributed by atoms with van der Waals surface area (Å²) in [5.74, 6) is -0.673. The molecule has 128 valence electrons. The van der Waals surface area contributed by atoms with Crippen molar-refractivity contribution >= 4 is 17.7 Å². The summed E-state index contributed by atoms with van der Waals surface area (Å²) in [6.07, 6.45) is 1.91. The molecule has 0 bridgehead atoms. The van der Waals surface area contributed by atoms with Gasteiger partial charge in [0.25, 0.3) is 0 Å². The van der Waals surface area contributed by atoms with Gasteiger partial charge in [-0.2, -0.15) is 14.2 Å². The maximum absolute atomic E-state index is 13.6. The molecule has 0 aliphatic heterocycles. The summed E-state index contributed by atoms with van der Waals surface area (Å²) in [6, 6.07) is 2.84. The van der Waals surface area contributed by atoms with Crippen LogP contribution >= 0.6 is 11.6 Å². The molecule has 7 heteroatoms. The molecule has 0 saturated carbocycles. The Bertz CT molecular complexity index is 781. The lowest BCUT2D eigenvalue weighted by atomic mass is 9.76. The van der Waals surface area contributed by atoms with E-state index in [1.54, 1.807) is 13.0 Å². The van der Waals surface area contributed by atoms with E-state index in [4.69, 9.17) is 16.3 Å². The highest BCUT2D eigenvalue weighted by molar-refractivity contribution is 6.29. The van der Waals surface area contributed by atoms with Crippen molar-refractivity contribution in [2.45, 2.75) is 40.0 Å². The maximum Gasteiger partial charge on any atom is 0.434 e. The van der Waals surface area contributed by atoms with Gasteiger partial charge < -0.3 is 4.74 Å². The summed E-state index contributed by atoms with van der Waals surface area (Å²) in [4.78, 5) is 15.8. The zero-order valence-corrected chi connectivity index (χ0v) is 14.7. The van der Waals surface area contributed by atoms with Crippen LogP contribution in [0.1, 0.15) is 38.4 Å². The van der Waals surface area contributed by atoms with Crippen molar-refractivity contribution < 1.29 is 13.9 Å². The van der Waals surface area contributed by atoms with Crippen LogP contribution in [0.5, 0.6) is 0 Å². The van der Waals surface area contributed by atoms with Gasteiger partial charge in [0.1, 0.15) is 5.15 Å². The highest BCUT2D eigenvalue weighted by atomic mass is 35.5. The fraction of sp³-hybridized carbons (Fsp3) is 0.471. The fourth-order valence-electron chi connectivity index (χ4n) is 3.10. The minimum atomic E-state index is -0.673. The molecule has 0 fully saturated rings. The monoisotopic (exact) mass is 351 g/mol. The Morgan fingerprint density at radius 2 is 2.21 bits per heavy atom. The van der Waals surface area contributed by atoms with Crippen molar-refractivity contribution in [2.75, 3.05) is 6.61 Å². The van der Waals surface area contributed by atoms with Crippen molar-refractivity contribution in [2.24, 2.45) is 5.41 Å². The van der Waals surface area contributed by atoms with Gasteiger partial charge >= 0.3 is 6.09 Å². The van der Waals surface area contributed by atoms with E-state index < -0.39 is 12.0 Å². The Hall–Kier alpha value is -1.95. The van der Waals surface area contributed by atoms with Gasteiger partial charge in [-0.15, -0.1) is 0 Å². The van der Waals surface area contributed by atoms with Crippen LogP contribution in [-0.2, 0) is 17.6 Å². The topological polar surface area (TPSA) is 57.0 Å². The number of ether oxygens (including phenoxy) is 1. The third-order valence-corrected chi connectivity index (χ3v) is 4.46. The molecular formula is C17H19ClFN3O2. The predicted molar refractivity (Wildman–Crippen MR) is 88.7 cm³/mol. The summed E-state index contributed by atoms with van der Waals surface area (Å²) in [7, 11) is 0. The molecule has 0 atom stereocenters. The molecule has 0 spiro atoms. The largest absolute Gasteiger partial charge is 0.448 e. The van der Waals surface area contributed by atoms with E-state index in [9.17, 15) is 9.18 Å². The van der Waals surface area contributed by atoms with Gasteiger partial charge in [-0.3, -0.25) is 0 Å². The molecule has 0 N–H and O–H groups in total. The molecule has 3 rings (SSSR count). The second kappa shape index (κ2) is 6.16. The summed E-state index contributed by atoms with van der Waals surface area (Å²) < 4.78 is 20.0. The van der Waals surface area contributed by atoms with Gasteiger partial charge in [0.15, 0.2) is 0 Å². The summed E-state index contributed by atoms with van der Waals surface area (Å²) in [5.41, 5.74) is 2.93.